The van der Waals surface area contributed by atoms with Crippen LogP contribution in [-0.4, -0.2) is 52.4 Å². The van der Waals surface area contributed by atoms with Crippen LogP contribution in [0.25, 0.3) is 0 Å². The van der Waals surface area contributed by atoms with E-state index in [0.29, 0.717) is 13.1 Å². The molecule has 4 rings (SSSR count). The van der Waals surface area contributed by atoms with Gasteiger partial charge in [-0.25, -0.2) is 4.98 Å². The molecular weight excluding hydrogens is 404 g/mol. The summed E-state index contributed by atoms with van der Waals surface area (Å²) in [5, 5.41) is 0. The molecule has 1 unspecified atom stereocenters. The number of hydrogen-bond donors (Lipinski definition) is 1. The summed E-state index contributed by atoms with van der Waals surface area (Å²) in [6.45, 7) is 7.81. The van der Waals surface area contributed by atoms with Gasteiger partial charge in [0.15, 0.2) is 0 Å². The first-order chi connectivity index (χ1) is 15.5. The van der Waals surface area contributed by atoms with Crippen LogP contribution in [-0.2, 0) is 24.3 Å². The number of benzene rings is 1. The molecule has 1 saturated heterocycles. The minimum absolute atomic E-state index is 0.0331. The molecule has 0 radical (unpaired) electrons. The number of aromatic amines is 1. The smallest absolute Gasteiger partial charge is 0.255 e. The molecule has 1 aromatic carbocycles. The Morgan fingerprint density at radius 3 is 2.66 bits per heavy atom. The van der Waals surface area contributed by atoms with Crippen LogP contribution in [0.1, 0.15) is 61.7 Å². The van der Waals surface area contributed by atoms with E-state index in [4.69, 9.17) is 9.72 Å². The zero-order chi connectivity index (χ0) is 22.7. The Morgan fingerprint density at radius 1 is 1.22 bits per heavy atom. The van der Waals surface area contributed by atoms with Crippen molar-refractivity contribution in [2.45, 2.75) is 58.5 Å². The summed E-state index contributed by atoms with van der Waals surface area (Å²) in [4.78, 5) is 37.8. The number of likely N-dealkylation sites (tertiary alicyclic amines) is 1. The summed E-state index contributed by atoms with van der Waals surface area (Å²) in [5.74, 6) is 2.05. The number of methoxy groups -OCH3 is 1. The van der Waals surface area contributed by atoms with E-state index in [9.17, 15) is 9.59 Å². The van der Waals surface area contributed by atoms with Crippen molar-refractivity contribution in [3.63, 3.8) is 0 Å². The van der Waals surface area contributed by atoms with E-state index in [0.717, 1.165) is 68.1 Å². The predicted molar refractivity (Wildman–Crippen MR) is 124 cm³/mol. The second-order valence-electron chi connectivity index (χ2n) is 8.97. The standard InChI is InChI=1S/C25H34N4O3/c1-4-18(5-2)25(31)29-13-10-19(15-29)23-26-22-11-12-28(16-21(22)24(30)27-23)14-17-6-8-20(32-3)9-7-17/h6-9,18-19H,4-5,10-16H2,1-3H3,(H,26,27,30). The number of fused-ring (bicyclic) bond motifs is 1. The van der Waals surface area contributed by atoms with Gasteiger partial charge < -0.3 is 14.6 Å². The van der Waals surface area contributed by atoms with Crippen LogP contribution in [0.5, 0.6) is 5.75 Å². The summed E-state index contributed by atoms with van der Waals surface area (Å²) < 4.78 is 5.23. The lowest BCUT2D eigenvalue weighted by atomic mass is 10.0. The Balaban J connectivity index is 1.43. The maximum atomic E-state index is 12.9. The van der Waals surface area contributed by atoms with E-state index in [1.54, 1.807) is 7.11 Å². The highest BCUT2D eigenvalue weighted by Gasteiger charge is 2.32. The van der Waals surface area contributed by atoms with E-state index >= 15 is 0 Å². The number of amides is 1. The van der Waals surface area contributed by atoms with Gasteiger partial charge in [-0.3, -0.25) is 14.5 Å². The van der Waals surface area contributed by atoms with Crippen molar-refractivity contribution < 1.29 is 9.53 Å². The third kappa shape index (κ3) is 4.72. The first-order valence-corrected chi connectivity index (χ1v) is 11.8. The Morgan fingerprint density at radius 2 is 1.97 bits per heavy atom. The molecule has 2 aliphatic heterocycles. The molecule has 2 aromatic rings. The average molecular weight is 439 g/mol. The van der Waals surface area contributed by atoms with E-state index in [-0.39, 0.29) is 23.3 Å². The fourth-order valence-corrected chi connectivity index (χ4v) is 4.90. The van der Waals surface area contributed by atoms with Gasteiger partial charge in [-0.15, -0.1) is 0 Å². The first-order valence-electron chi connectivity index (χ1n) is 11.8. The number of H-pyrrole nitrogens is 1. The van der Waals surface area contributed by atoms with Crippen LogP contribution >= 0.6 is 0 Å². The number of nitrogens with one attached hydrogen (secondary N) is 1. The van der Waals surface area contributed by atoms with Crippen molar-refractivity contribution in [2.75, 3.05) is 26.7 Å². The van der Waals surface area contributed by atoms with Crippen LogP contribution in [0.15, 0.2) is 29.1 Å². The second-order valence-corrected chi connectivity index (χ2v) is 8.97. The number of carbonyl (C=O) groups excluding carboxylic acids is 1. The van der Waals surface area contributed by atoms with Gasteiger partial charge in [0.25, 0.3) is 5.56 Å². The van der Waals surface area contributed by atoms with Crippen LogP contribution < -0.4 is 10.3 Å². The fraction of sp³-hybridized carbons (Fsp3) is 0.560. The summed E-state index contributed by atoms with van der Waals surface area (Å²) in [6, 6.07) is 8.06. The molecule has 3 heterocycles. The van der Waals surface area contributed by atoms with Gasteiger partial charge >= 0.3 is 0 Å². The minimum atomic E-state index is -0.0331. The summed E-state index contributed by atoms with van der Waals surface area (Å²) in [7, 11) is 1.66. The molecule has 0 saturated carbocycles. The predicted octanol–water partition coefficient (Wildman–Crippen LogP) is 3.09. The molecule has 0 bridgehead atoms. The van der Waals surface area contributed by atoms with Crippen LogP contribution in [0.2, 0.25) is 0 Å². The molecule has 0 spiro atoms. The van der Waals surface area contributed by atoms with Crippen molar-refractivity contribution in [3.05, 3.63) is 57.3 Å². The van der Waals surface area contributed by atoms with Crippen molar-refractivity contribution in [2.24, 2.45) is 5.92 Å². The Kier molecular flexibility index (Phi) is 6.94. The minimum Gasteiger partial charge on any atom is -0.497 e. The lowest BCUT2D eigenvalue weighted by Gasteiger charge is -2.28. The van der Waals surface area contributed by atoms with Gasteiger partial charge in [0.05, 0.1) is 18.4 Å². The normalized spacial score (nSPS) is 18.8. The zero-order valence-corrected chi connectivity index (χ0v) is 19.4. The quantitative estimate of drug-likeness (QED) is 0.719. The second kappa shape index (κ2) is 9.86. The largest absolute Gasteiger partial charge is 0.497 e. The molecule has 1 amide bonds. The van der Waals surface area contributed by atoms with Crippen LogP contribution in [0, 0.1) is 5.92 Å². The number of rotatable bonds is 7. The van der Waals surface area contributed by atoms with Crippen molar-refractivity contribution >= 4 is 5.91 Å². The Bertz CT molecular complexity index is 997. The Labute approximate surface area is 189 Å². The van der Waals surface area contributed by atoms with Gasteiger partial charge in [-0.05, 0) is 37.0 Å². The third-order valence-electron chi connectivity index (χ3n) is 6.95. The molecule has 32 heavy (non-hydrogen) atoms. The van der Waals surface area contributed by atoms with Gasteiger partial charge in [0, 0.05) is 51.0 Å². The number of ether oxygens (including phenoxy) is 1. The van der Waals surface area contributed by atoms with E-state index in [1.807, 2.05) is 17.0 Å². The van der Waals surface area contributed by atoms with Gasteiger partial charge in [-0.1, -0.05) is 26.0 Å². The summed E-state index contributed by atoms with van der Waals surface area (Å²) in [5.41, 5.74) is 2.86. The van der Waals surface area contributed by atoms with Gasteiger partial charge in [-0.2, -0.15) is 0 Å². The van der Waals surface area contributed by atoms with Crippen molar-refractivity contribution in [1.29, 1.82) is 0 Å². The monoisotopic (exact) mass is 438 g/mol. The molecule has 1 N–H and O–H groups in total. The lowest BCUT2D eigenvalue weighted by molar-refractivity contribution is -0.134. The number of hydrogen-bond acceptors (Lipinski definition) is 5. The molecular formula is C25H34N4O3. The molecule has 1 fully saturated rings. The third-order valence-corrected chi connectivity index (χ3v) is 6.95. The first kappa shape index (κ1) is 22.5. The lowest BCUT2D eigenvalue weighted by Crippen LogP contribution is -2.36. The highest BCUT2D eigenvalue weighted by Crippen LogP contribution is 2.28. The number of carbonyl (C=O) groups is 1. The van der Waals surface area contributed by atoms with E-state index < -0.39 is 0 Å². The molecule has 1 aromatic heterocycles. The highest BCUT2D eigenvalue weighted by atomic mass is 16.5. The Hall–Kier alpha value is -2.67. The van der Waals surface area contributed by atoms with E-state index in [2.05, 4.69) is 35.9 Å². The summed E-state index contributed by atoms with van der Waals surface area (Å²) in [6.07, 6.45) is 3.37. The van der Waals surface area contributed by atoms with Crippen LogP contribution in [0.3, 0.4) is 0 Å². The molecule has 1 atom stereocenters. The number of aromatic nitrogens is 2. The van der Waals surface area contributed by atoms with Crippen molar-refractivity contribution in [1.82, 2.24) is 19.8 Å². The molecule has 2 aliphatic rings. The maximum Gasteiger partial charge on any atom is 0.255 e. The SMILES string of the molecule is CCC(CC)C(=O)N1CCC(c2nc3c(c(=O)[nH]2)CN(Cc2ccc(OC)cc2)CC3)C1. The maximum absolute atomic E-state index is 12.9. The van der Waals surface area contributed by atoms with Crippen LogP contribution in [0.4, 0.5) is 0 Å². The molecule has 172 valence electrons. The topological polar surface area (TPSA) is 78.5 Å². The molecule has 0 aliphatic carbocycles. The molecule has 7 nitrogen and oxygen atoms in total. The van der Waals surface area contributed by atoms with E-state index in [1.165, 1.54) is 5.56 Å². The van der Waals surface area contributed by atoms with Gasteiger partial charge in [0.1, 0.15) is 11.6 Å². The molecule has 7 heteroatoms. The zero-order valence-electron chi connectivity index (χ0n) is 19.4. The average Bonchev–Trinajstić information content (AvgIpc) is 3.31. The highest BCUT2D eigenvalue weighted by molar-refractivity contribution is 5.79. The summed E-state index contributed by atoms with van der Waals surface area (Å²) >= 11 is 0. The van der Waals surface area contributed by atoms with Gasteiger partial charge in [0.2, 0.25) is 5.91 Å². The number of nitrogens with zero attached hydrogens (tertiary/aromatic N) is 3. The van der Waals surface area contributed by atoms with Crippen molar-refractivity contribution in [3.8, 4) is 5.75 Å². The fourth-order valence-electron chi connectivity index (χ4n) is 4.90.